The molecule has 3 heteroatoms. The molecule has 0 radical (unpaired) electrons. The highest BCUT2D eigenvalue weighted by atomic mass is 79.9. The fourth-order valence-corrected chi connectivity index (χ4v) is 7.79. The van der Waals surface area contributed by atoms with E-state index in [2.05, 4.69) is 91.0 Å². The predicted molar refractivity (Wildman–Crippen MR) is 108 cm³/mol. The van der Waals surface area contributed by atoms with E-state index in [1.54, 1.807) is 0 Å². The number of benzene rings is 3. The molecule has 0 fully saturated rings. The smallest absolute Gasteiger partial charge is 0.112 e. The maximum absolute atomic E-state index is 5.79. The minimum atomic E-state index is -1.64. The highest BCUT2D eigenvalue weighted by molar-refractivity contribution is 7.95. The lowest BCUT2D eigenvalue weighted by atomic mass is 10.3. The van der Waals surface area contributed by atoms with E-state index < -0.39 is 7.26 Å². The number of halogens is 1. The van der Waals surface area contributed by atoms with Crippen LogP contribution in [0.3, 0.4) is 0 Å². The summed E-state index contributed by atoms with van der Waals surface area (Å²) >= 11 is 0. The summed E-state index contributed by atoms with van der Waals surface area (Å²) in [4.78, 5) is 0. The summed E-state index contributed by atoms with van der Waals surface area (Å²) in [5.74, 6) is 0. The monoisotopic (exact) mass is 413 g/mol. The van der Waals surface area contributed by atoms with Crippen molar-refractivity contribution in [2.75, 3.05) is 12.7 Å². The zero-order chi connectivity index (χ0) is 16.7. The Hall–Kier alpha value is -1.47. The molecule has 3 aromatic carbocycles. The zero-order valence-corrected chi connectivity index (χ0v) is 16.9. The van der Waals surface area contributed by atoms with Crippen molar-refractivity contribution in [2.45, 2.75) is 12.8 Å². The maximum Gasteiger partial charge on any atom is 0.112 e. The molecule has 0 saturated heterocycles. The molecule has 25 heavy (non-hydrogen) atoms. The van der Waals surface area contributed by atoms with E-state index in [4.69, 9.17) is 5.73 Å². The Morgan fingerprint density at radius 3 is 1.24 bits per heavy atom. The highest BCUT2D eigenvalue weighted by Gasteiger charge is 2.44. The van der Waals surface area contributed by atoms with Crippen molar-refractivity contribution in [1.29, 1.82) is 0 Å². The summed E-state index contributed by atoms with van der Waals surface area (Å²) < 4.78 is 0. The average Bonchev–Trinajstić information content (AvgIpc) is 2.68. The molecular formula is C22H25BrNP. The van der Waals surface area contributed by atoms with Gasteiger partial charge >= 0.3 is 0 Å². The van der Waals surface area contributed by atoms with E-state index >= 15 is 0 Å². The lowest BCUT2D eigenvalue weighted by molar-refractivity contribution is -0.00000479. The van der Waals surface area contributed by atoms with Crippen LogP contribution >= 0.6 is 7.26 Å². The second kappa shape index (κ2) is 9.87. The van der Waals surface area contributed by atoms with Crippen molar-refractivity contribution in [2.24, 2.45) is 5.73 Å². The molecule has 0 aromatic heterocycles. The first-order valence-electron chi connectivity index (χ1n) is 8.63. The van der Waals surface area contributed by atoms with Gasteiger partial charge in [-0.3, -0.25) is 0 Å². The van der Waals surface area contributed by atoms with Gasteiger partial charge in [0.05, 0.1) is 6.16 Å². The van der Waals surface area contributed by atoms with Gasteiger partial charge in [-0.2, -0.15) is 0 Å². The topological polar surface area (TPSA) is 26.0 Å². The molecule has 2 N–H and O–H groups in total. The molecule has 0 spiro atoms. The van der Waals surface area contributed by atoms with E-state index in [-0.39, 0.29) is 17.0 Å². The van der Waals surface area contributed by atoms with Crippen LogP contribution in [0.25, 0.3) is 0 Å². The lowest BCUT2D eigenvalue weighted by Crippen LogP contribution is -3.00. The van der Waals surface area contributed by atoms with Gasteiger partial charge in [0.2, 0.25) is 0 Å². The number of unbranched alkanes of at least 4 members (excludes halogenated alkanes) is 1. The van der Waals surface area contributed by atoms with Crippen molar-refractivity contribution >= 4 is 23.2 Å². The van der Waals surface area contributed by atoms with Gasteiger partial charge in [0.1, 0.15) is 23.2 Å². The van der Waals surface area contributed by atoms with Crippen LogP contribution in [0, 0.1) is 0 Å². The van der Waals surface area contributed by atoms with Gasteiger partial charge in [-0.15, -0.1) is 0 Å². The normalized spacial score (nSPS) is 10.9. The third kappa shape index (κ3) is 4.39. The van der Waals surface area contributed by atoms with Crippen LogP contribution in [0.4, 0.5) is 0 Å². The van der Waals surface area contributed by atoms with E-state index in [1.807, 2.05) is 0 Å². The van der Waals surface area contributed by atoms with E-state index in [1.165, 1.54) is 22.1 Å². The number of hydrogen-bond donors (Lipinski definition) is 1. The third-order valence-corrected chi connectivity index (χ3v) is 9.06. The summed E-state index contributed by atoms with van der Waals surface area (Å²) in [5.41, 5.74) is 5.79. The quantitative estimate of drug-likeness (QED) is 0.448. The third-order valence-electron chi connectivity index (χ3n) is 4.54. The Bertz CT molecular complexity index is 635. The van der Waals surface area contributed by atoms with Gasteiger partial charge < -0.3 is 22.7 Å². The largest absolute Gasteiger partial charge is 1.00 e. The fraction of sp³-hybridized carbons (Fsp3) is 0.182. The number of hydrogen-bond acceptors (Lipinski definition) is 1. The summed E-state index contributed by atoms with van der Waals surface area (Å²) in [6.07, 6.45) is 3.40. The molecule has 3 aromatic rings. The Balaban J connectivity index is 0.00000225. The van der Waals surface area contributed by atoms with Gasteiger partial charge in [-0.05, 0) is 55.8 Å². The van der Waals surface area contributed by atoms with Crippen LogP contribution in [-0.4, -0.2) is 12.7 Å². The van der Waals surface area contributed by atoms with Crippen molar-refractivity contribution in [3.8, 4) is 0 Å². The molecule has 0 saturated carbocycles. The molecule has 0 aliphatic heterocycles. The molecule has 0 unspecified atom stereocenters. The fourth-order valence-electron chi connectivity index (χ4n) is 3.38. The average molecular weight is 414 g/mol. The summed E-state index contributed by atoms with van der Waals surface area (Å²) in [5, 5.41) is 4.37. The Kier molecular flexibility index (Phi) is 7.84. The van der Waals surface area contributed by atoms with Crippen LogP contribution < -0.4 is 38.6 Å². The SMILES string of the molecule is NCCCC[P+](c1ccccc1)(c1ccccc1)c1ccccc1.[Br-]. The van der Waals surface area contributed by atoms with Gasteiger partial charge in [-0.25, -0.2) is 0 Å². The maximum atomic E-state index is 5.79. The molecule has 0 heterocycles. The second-order valence-electron chi connectivity index (χ2n) is 6.04. The van der Waals surface area contributed by atoms with Gasteiger partial charge in [0.15, 0.2) is 0 Å². The van der Waals surface area contributed by atoms with Gasteiger partial charge in [0, 0.05) is 0 Å². The first-order chi connectivity index (χ1) is 11.9. The van der Waals surface area contributed by atoms with Crippen LogP contribution in [0.2, 0.25) is 0 Å². The van der Waals surface area contributed by atoms with Crippen molar-refractivity contribution in [1.82, 2.24) is 0 Å². The summed E-state index contributed by atoms with van der Waals surface area (Å²) in [7, 11) is -1.64. The Morgan fingerprint density at radius 2 is 0.920 bits per heavy atom. The first kappa shape index (κ1) is 19.8. The number of rotatable bonds is 7. The van der Waals surface area contributed by atoms with Gasteiger partial charge in [-0.1, -0.05) is 54.6 Å². The van der Waals surface area contributed by atoms with Crippen LogP contribution in [0.15, 0.2) is 91.0 Å². The van der Waals surface area contributed by atoms with Gasteiger partial charge in [0.25, 0.3) is 0 Å². The predicted octanol–water partition coefficient (Wildman–Crippen LogP) is 0.723. The molecule has 0 aliphatic carbocycles. The van der Waals surface area contributed by atoms with E-state index in [0.29, 0.717) is 0 Å². The second-order valence-corrected chi connectivity index (χ2v) is 9.65. The number of nitrogens with two attached hydrogens (primary N) is 1. The molecule has 0 bridgehead atoms. The van der Waals surface area contributed by atoms with Crippen molar-refractivity contribution in [3.05, 3.63) is 91.0 Å². The summed E-state index contributed by atoms with van der Waals surface area (Å²) in [6, 6.07) is 33.1. The molecule has 1 nitrogen and oxygen atoms in total. The van der Waals surface area contributed by atoms with Crippen molar-refractivity contribution in [3.63, 3.8) is 0 Å². The van der Waals surface area contributed by atoms with E-state index in [0.717, 1.165) is 19.4 Å². The van der Waals surface area contributed by atoms with Crippen molar-refractivity contribution < 1.29 is 17.0 Å². The molecule has 0 atom stereocenters. The summed E-state index contributed by atoms with van der Waals surface area (Å²) in [6.45, 7) is 0.762. The molecule has 0 amide bonds. The Morgan fingerprint density at radius 1 is 0.560 bits per heavy atom. The zero-order valence-electron chi connectivity index (χ0n) is 14.4. The molecule has 130 valence electrons. The van der Waals surface area contributed by atoms with Crippen LogP contribution in [-0.2, 0) is 0 Å². The molecular weight excluding hydrogens is 389 g/mol. The minimum absolute atomic E-state index is 0. The highest BCUT2D eigenvalue weighted by Crippen LogP contribution is 2.55. The first-order valence-corrected chi connectivity index (χ1v) is 10.6. The molecule has 3 rings (SSSR count). The standard InChI is InChI=1S/C22H25NP.BrH/c23-18-10-11-19-24(20-12-4-1-5-13-20,21-14-6-2-7-15-21)22-16-8-3-9-17-22;/h1-9,12-17H,10-11,18-19,23H2;1H/q+1;/p-1. The van der Waals surface area contributed by atoms with Crippen LogP contribution in [0.5, 0.6) is 0 Å². The van der Waals surface area contributed by atoms with Crippen LogP contribution in [0.1, 0.15) is 12.8 Å². The lowest BCUT2D eigenvalue weighted by Gasteiger charge is -2.27. The Labute approximate surface area is 162 Å². The minimum Gasteiger partial charge on any atom is -1.00 e. The molecule has 0 aliphatic rings. The van der Waals surface area contributed by atoms with E-state index in [9.17, 15) is 0 Å².